The number of hydrogen-bond donors (Lipinski definition) is 1. The number of aliphatic carboxylic acids is 1. The van der Waals surface area contributed by atoms with Gasteiger partial charge in [0.2, 0.25) is 0 Å². The average Bonchev–Trinajstić information content (AvgIpc) is 1.76. The van der Waals surface area contributed by atoms with Crippen molar-refractivity contribution in [3.63, 3.8) is 0 Å². The number of rotatable bonds is 3. The SMILES string of the molecule is CCC(C(=O)O)C1CCC1. The van der Waals surface area contributed by atoms with Crippen LogP contribution in [0.5, 0.6) is 0 Å². The summed E-state index contributed by atoms with van der Waals surface area (Å²) in [5, 5.41) is 8.71. The Morgan fingerprint density at radius 2 is 2.30 bits per heavy atom. The quantitative estimate of drug-likeness (QED) is 0.653. The standard InChI is InChI=1S/C8H14O2/c1-2-7(8(9)10)6-4-3-5-6/h6-7H,2-5H2,1H3,(H,9,10). The minimum absolute atomic E-state index is 0.0613. The first-order valence-electron chi connectivity index (χ1n) is 3.98. The molecule has 1 fully saturated rings. The van der Waals surface area contributed by atoms with E-state index >= 15 is 0 Å². The smallest absolute Gasteiger partial charge is 0.306 e. The fourth-order valence-electron chi connectivity index (χ4n) is 1.55. The van der Waals surface area contributed by atoms with E-state index in [1.165, 1.54) is 6.42 Å². The van der Waals surface area contributed by atoms with Crippen molar-refractivity contribution in [1.82, 2.24) is 0 Å². The molecule has 1 saturated carbocycles. The first-order chi connectivity index (χ1) is 4.75. The van der Waals surface area contributed by atoms with E-state index in [1.54, 1.807) is 0 Å². The Morgan fingerprint density at radius 3 is 2.40 bits per heavy atom. The molecule has 1 unspecified atom stereocenters. The van der Waals surface area contributed by atoms with Crippen LogP contribution < -0.4 is 0 Å². The average molecular weight is 142 g/mol. The lowest BCUT2D eigenvalue weighted by molar-refractivity contribution is -0.145. The molecule has 1 N–H and O–H groups in total. The van der Waals surface area contributed by atoms with E-state index in [0.29, 0.717) is 5.92 Å². The highest BCUT2D eigenvalue weighted by Crippen LogP contribution is 2.34. The van der Waals surface area contributed by atoms with Crippen molar-refractivity contribution in [2.45, 2.75) is 32.6 Å². The largest absolute Gasteiger partial charge is 0.481 e. The fraction of sp³-hybridized carbons (Fsp3) is 0.875. The zero-order valence-electron chi connectivity index (χ0n) is 6.34. The summed E-state index contributed by atoms with van der Waals surface area (Å²) in [6.45, 7) is 1.96. The highest BCUT2D eigenvalue weighted by molar-refractivity contribution is 5.70. The molecule has 0 aromatic rings. The van der Waals surface area contributed by atoms with Crippen LogP contribution in [0, 0.1) is 11.8 Å². The summed E-state index contributed by atoms with van der Waals surface area (Å²) < 4.78 is 0. The van der Waals surface area contributed by atoms with Gasteiger partial charge in [-0.25, -0.2) is 0 Å². The highest BCUT2D eigenvalue weighted by atomic mass is 16.4. The van der Waals surface area contributed by atoms with Crippen LogP contribution in [0.3, 0.4) is 0 Å². The molecular weight excluding hydrogens is 128 g/mol. The second-order valence-corrected chi connectivity index (χ2v) is 3.04. The molecule has 0 bridgehead atoms. The zero-order chi connectivity index (χ0) is 7.56. The Morgan fingerprint density at radius 1 is 1.70 bits per heavy atom. The van der Waals surface area contributed by atoms with Gasteiger partial charge < -0.3 is 5.11 Å². The van der Waals surface area contributed by atoms with Crippen molar-refractivity contribution in [3.8, 4) is 0 Å². The van der Waals surface area contributed by atoms with Gasteiger partial charge in [-0.05, 0) is 25.2 Å². The lowest BCUT2D eigenvalue weighted by Crippen LogP contribution is -2.27. The number of carbonyl (C=O) groups is 1. The second-order valence-electron chi connectivity index (χ2n) is 3.04. The maximum atomic E-state index is 10.6. The van der Waals surface area contributed by atoms with Crippen LogP contribution >= 0.6 is 0 Å². The van der Waals surface area contributed by atoms with Crippen molar-refractivity contribution >= 4 is 5.97 Å². The molecule has 1 aliphatic rings. The van der Waals surface area contributed by atoms with Gasteiger partial charge in [0.25, 0.3) is 0 Å². The first kappa shape index (κ1) is 7.58. The third kappa shape index (κ3) is 1.31. The van der Waals surface area contributed by atoms with Gasteiger partial charge in [0.15, 0.2) is 0 Å². The summed E-state index contributed by atoms with van der Waals surface area (Å²) in [6.07, 6.45) is 4.28. The van der Waals surface area contributed by atoms with Crippen LogP contribution in [0.1, 0.15) is 32.6 Å². The molecule has 0 spiro atoms. The Hall–Kier alpha value is -0.530. The van der Waals surface area contributed by atoms with Crippen LogP contribution in [0.4, 0.5) is 0 Å². The first-order valence-corrected chi connectivity index (χ1v) is 3.98. The molecule has 1 atom stereocenters. The monoisotopic (exact) mass is 142 g/mol. The van der Waals surface area contributed by atoms with Gasteiger partial charge >= 0.3 is 5.97 Å². The molecule has 0 aromatic carbocycles. The van der Waals surface area contributed by atoms with Crippen LogP contribution in [0.15, 0.2) is 0 Å². The predicted octanol–water partition coefficient (Wildman–Crippen LogP) is 1.90. The minimum atomic E-state index is -0.604. The van der Waals surface area contributed by atoms with Crippen molar-refractivity contribution in [1.29, 1.82) is 0 Å². The minimum Gasteiger partial charge on any atom is -0.481 e. The number of hydrogen-bond acceptors (Lipinski definition) is 1. The molecule has 0 radical (unpaired) electrons. The molecule has 1 aliphatic carbocycles. The Bertz CT molecular complexity index is 127. The van der Waals surface area contributed by atoms with Gasteiger partial charge in [0.1, 0.15) is 0 Å². The topological polar surface area (TPSA) is 37.3 Å². The van der Waals surface area contributed by atoms with E-state index in [-0.39, 0.29) is 5.92 Å². The maximum Gasteiger partial charge on any atom is 0.306 e. The lowest BCUT2D eigenvalue weighted by atomic mass is 9.75. The van der Waals surface area contributed by atoms with Crippen LogP contribution in [0.2, 0.25) is 0 Å². The van der Waals surface area contributed by atoms with E-state index in [4.69, 9.17) is 5.11 Å². The summed E-state index contributed by atoms with van der Waals surface area (Å²) in [5.41, 5.74) is 0. The number of carboxylic acids is 1. The van der Waals surface area contributed by atoms with Crippen molar-refractivity contribution in [2.24, 2.45) is 11.8 Å². The Kier molecular flexibility index (Phi) is 2.30. The van der Waals surface area contributed by atoms with Gasteiger partial charge in [-0.2, -0.15) is 0 Å². The lowest BCUT2D eigenvalue weighted by Gasteiger charge is -2.30. The predicted molar refractivity (Wildman–Crippen MR) is 38.8 cm³/mol. The van der Waals surface area contributed by atoms with Crippen LogP contribution in [-0.2, 0) is 4.79 Å². The Balaban J connectivity index is 2.39. The highest BCUT2D eigenvalue weighted by Gasteiger charge is 2.30. The van der Waals surface area contributed by atoms with Crippen molar-refractivity contribution < 1.29 is 9.90 Å². The van der Waals surface area contributed by atoms with E-state index in [1.807, 2.05) is 6.92 Å². The number of carboxylic acid groups (broad SMARTS) is 1. The second kappa shape index (κ2) is 3.04. The van der Waals surface area contributed by atoms with E-state index in [0.717, 1.165) is 19.3 Å². The molecule has 0 saturated heterocycles. The van der Waals surface area contributed by atoms with Gasteiger partial charge in [-0.3, -0.25) is 4.79 Å². The van der Waals surface area contributed by atoms with Crippen molar-refractivity contribution in [3.05, 3.63) is 0 Å². The molecule has 0 aliphatic heterocycles. The molecule has 0 amide bonds. The molecular formula is C8H14O2. The molecule has 58 valence electrons. The molecule has 2 nitrogen and oxygen atoms in total. The van der Waals surface area contributed by atoms with E-state index in [9.17, 15) is 4.79 Å². The van der Waals surface area contributed by atoms with Crippen molar-refractivity contribution in [2.75, 3.05) is 0 Å². The van der Waals surface area contributed by atoms with Crippen LogP contribution in [0.25, 0.3) is 0 Å². The molecule has 0 aromatic heterocycles. The zero-order valence-corrected chi connectivity index (χ0v) is 6.34. The van der Waals surface area contributed by atoms with E-state index < -0.39 is 5.97 Å². The summed E-state index contributed by atoms with van der Waals surface area (Å²) in [6, 6.07) is 0. The Labute approximate surface area is 61.2 Å². The van der Waals surface area contributed by atoms with Gasteiger partial charge in [-0.15, -0.1) is 0 Å². The molecule has 10 heavy (non-hydrogen) atoms. The summed E-state index contributed by atoms with van der Waals surface area (Å²) >= 11 is 0. The van der Waals surface area contributed by atoms with Gasteiger partial charge in [-0.1, -0.05) is 13.3 Å². The third-order valence-corrected chi connectivity index (χ3v) is 2.48. The molecule has 1 rings (SSSR count). The molecule has 0 heterocycles. The molecule has 2 heteroatoms. The van der Waals surface area contributed by atoms with E-state index in [2.05, 4.69) is 0 Å². The van der Waals surface area contributed by atoms with Gasteiger partial charge in [0.05, 0.1) is 5.92 Å². The van der Waals surface area contributed by atoms with Crippen LogP contribution in [-0.4, -0.2) is 11.1 Å². The maximum absolute atomic E-state index is 10.6. The van der Waals surface area contributed by atoms with Gasteiger partial charge in [0, 0.05) is 0 Å². The summed E-state index contributed by atoms with van der Waals surface area (Å²) in [4.78, 5) is 10.6. The summed E-state index contributed by atoms with van der Waals surface area (Å²) in [5.74, 6) is -0.177. The fourth-order valence-corrected chi connectivity index (χ4v) is 1.55. The third-order valence-electron chi connectivity index (χ3n) is 2.48. The normalized spacial score (nSPS) is 21.7. The summed E-state index contributed by atoms with van der Waals surface area (Å²) in [7, 11) is 0.